The summed E-state index contributed by atoms with van der Waals surface area (Å²) >= 11 is 0. The molecule has 1 saturated heterocycles. The van der Waals surface area contributed by atoms with Gasteiger partial charge in [0.25, 0.3) is 0 Å². The molecule has 0 aromatic heterocycles. The topological polar surface area (TPSA) is 107 Å². The Hall–Kier alpha value is -1.90. The van der Waals surface area contributed by atoms with Crippen LogP contribution in [-0.2, 0) is 4.79 Å². The van der Waals surface area contributed by atoms with E-state index in [-0.39, 0.29) is 11.8 Å². The van der Waals surface area contributed by atoms with Crippen LogP contribution in [0, 0.1) is 11.8 Å². The van der Waals surface area contributed by atoms with Crippen molar-refractivity contribution in [3.63, 3.8) is 0 Å². The number of aldehydes is 1. The first-order valence-corrected chi connectivity index (χ1v) is 8.24. The van der Waals surface area contributed by atoms with Crippen molar-refractivity contribution in [1.82, 2.24) is 4.90 Å². The Morgan fingerprint density at radius 2 is 1.96 bits per heavy atom. The fraction of sp³-hybridized carbons (Fsp3) is 0.529. The molecule has 2 unspecified atom stereocenters. The average molecular weight is 351 g/mol. The third-order valence-corrected chi connectivity index (χ3v) is 4.23. The summed E-state index contributed by atoms with van der Waals surface area (Å²) in [5.41, 5.74) is 0.667. The van der Waals surface area contributed by atoms with Crippen LogP contribution in [0.3, 0.4) is 0 Å². The van der Waals surface area contributed by atoms with Crippen LogP contribution in [0.25, 0.3) is 0 Å². The molecule has 0 radical (unpaired) electrons. The highest BCUT2D eigenvalue weighted by Crippen LogP contribution is 2.27. The molecule has 2 atom stereocenters. The number of hydrogen-bond donors (Lipinski definition) is 3. The number of carbonyl (C=O) groups is 2. The zero-order chi connectivity index (χ0) is 18.8. The van der Waals surface area contributed by atoms with E-state index in [1.54, 1.807) is 31.4 Å². The molecule has 0 bridgehead atoms. The Balaban J connectivity index is 0.000000271. The van der Waals surface area contributed by atoms with Gasteiger partial charge in [0.05, 0.1) is 13.0 Å². The Morgan fingerprint density at radius 1 is 1.32 bits per heavy atom. The molecule has 0 saturated carbocycles. The predicted octanol–water partition coefficient (Wildman–Crippen LogP) is 1.01. The fourth-order valence-corrected chi connectivity index (χ4v) is 2.90. The number of carboxylic acids is 1. The zero-order valence-electron chi connectivity index (χ0n) is 14.7. The SMILES string of the molecule is CN1CC(CCCB(O)O)C(C(=O)O)C1.COc1ccc(C=O)cc1. The van der Waals surface area contributed by atoms with Crippen molar-refractivity contribution in [1.29, 1.82) is 0 Å². The van der Waals surface area contributed by atoms with Gasteiger partial charge in [0.1, 0.15) is 12.0 Å². The number of likely N-dealkylation sites (tertiary alicyclic amines) is 1. The largest absolute Gasteiger partial charge is 0.497 e. The second-order valence-electron chi connectivity index (χ2n) is 6.23. The quantitative estimate of drug-likeness (QED) is 0.497. The summed E-state index contributed by atoms with van der Waals surface area (Å²) in [7, 11) is 2.24. The normalized spacial score (nSPS) is 19.7. The van der Waals surface area contributed by atoms with E-state index in [9.17, 15) is 9.59 Å². The lowest BCUT2D eigenvalue weighted by Crippen LogP contribution is -2.22. The van der Waals surface area contributed by atoms with E-state index in [1.165, 1.54) is 0 Å². The first-order valence-electron chi connectivity index (χ1n) is 8.24. The van der Waals surface area contributed by atoms with Gasteiger partial charge in [0.2, 0.25) is 0 Å². The molecule has 1 aromatic carbocycles. The number of hydrogen-bond acceptors (Lipinski definition) is 6. The summed E-state index contributed by atoms with van der Waals surface area (Å²) in [6.07, 6.45) is 2.55. The summed E-state index contributed by atoms with van der Waals surface area (Å²) in [6, 6.07) is 6.94. The summed E-state index contributed by atoms with van der Waals surface area (Å²) in [6.45, 7) is 1.39. The van der Waals surface area contributed by atoms with Crippen molar-refractivity contribution < 1.29 is 29.5 Å². The molecule has 0 amide bonds. The van der Waals surface area contributed by atoms with Crippen LogP contribution in [0.5, 0.6) is 5.75 Å². The molecule has 0 aliphatic carbocycles. The standard InChI is InChI=1S/C9H18BNO4.C8H8O2/c1-11-5-7(3-2-4-10(14)15)8(6-11)9(12)13;1-10-8-4-2-7(6-9)3-5-8/h7-8,14-15H,2-6H2,1H3,(H,12,13);2-6H,1H3. The minimum Gasteiger partial charge on any atom is -0.497 e. The fourth-order valence-electron chi connectivity index (χ4n) is 2.90. The van der Waals surface area contributed by atoms with E-state index >= 15 is 0 Å². The number of carboxylic acid groups (broad SMARTS) is 1. The van der Waals surface area contributed by atoms with Crippen LogP contribution in [0.4, 0.5) is 0 Å². The highest BCUT2D eigenvalue weighted by Gasteiger charge is 2.35. The molecule has 1 aliphatic heterocycles. The van der Waals surface area contributed by atoms with Crippen LogP contribution in [0.1, 0.15) is 23.2 Å². The van der Waals surface area contributed by atoms with Gasteiger partial charge in [0, 0.05) is 18.7 Å². The first-order chi connectivity index (χ1) is 11.9. The lowest BCUT2D eigenvalue weighted by Gasteiger charge is -2.13. The monoisotopic (exact) mass is 351 g/mol. The molecule has 1 heterocycles. The molecule has 138 valence electrons. The molecular weight excluding hydrogens is 325 g/mol. The van der Waals surface area contributed by atoms with Crippen molar-refractivity contribution in [2.45, 2.75) is 19.2 Å². The van der Waals surface area contributed by atoms with Crippen molar-refractivity contribution in [2.24, 2.45) is 11.8 Å². The minimum absolute atomic E-state index is 0.145. The second-order valence-corrected chi connectivity index (χ2v) is 6.23. The number of carbonyl (C=O) groups excluding carboxylic acids is 1. The van der Waals surface area contributed by atoms with E-state index in [2.05, 4.69) is 0 Å². The van der Waals surface area contributed by atoms with E-state index in [0.29, 0.717) is 24.8 Å². The molecule has 1 aliphatic rings. The van der Waals surface area contributed by atoms with Crippen LogP contribution in [-0.4, -0.2) is 66.7 Å². The number of aliphatic carboxylic acids is 1. The Morgan fingerprint density at radius 3 is 2.44 bits per heavy atom. The van der Waals surface area contributed by atoms with Gasteiger partial charge in [-0.2, -0.15) is 0 Å². The van der Waals surface area contributed by atoms with E-state index in [1.807, 2.05) is 11.9 Å². The van der Waals surface area contributed by atoms with Crippen LogP contribution >= 0.6 is 0 Å². The highest BCUT2D eigenvalue weighted by atomic mass is 16.5. The number of benzene rings is 1. The van der Waals surface area contributed by atoms with Gasteiger partial charge < -0.3 is 24.8 Å². The maximum absolute atomic E-state index is 10.9. The van der Waals surface area contributed by atoms with Crippen molar-refractivity contribution in [3.8, 4) is 5.75 Å². The Bertz CT molecular complexity index is 536. The highest BCUT2D eigenvalue weighted by molar-refractivity contribution is 6.40. The average Bonchev–Trinajstić information content (AvgIpc) is 2.96. The van der Waals surface area contributed by atoms with Gasteiger partial charge in [-0.25, -0.2) is 0 Å². The lowest BCUT2D eigenvalue weighted by atomic mass is 9.80. The van der Waals surface area contributed by atoms with Crippen LogP contribution in [0.2, 0.25) is 6.32 Å². The maximum atomic E-state index is 10.9. The number of ether oxygens (including phenoxy) is 1. The lowest BCUT2D eigenvalue weighted by molar-refractivity contribution is -0.142. The summed E-state index contributed by atoms with van der Waals surface area (Å²) in [4.78, 5) is 23.1. The van der Waals surface area contributed by atoms with Crippen LogP contribution < -0.4 is 4.74 Å². The molecule has 7 nitrogen and oxygen atoms in total. The molecule has 3 N–H and O–H groups in total. The molecule has 0 spiro atoms. The van der Waals surface area contributed by atoms with Gasteiger partial charge in [-0.15, -0.1) is 0 Å². The van der Waals surface area contributed by atoms with E-state index in [0.717, 1.165) is 25.0 Å². The smallest absolute Gasteiger partial charge is 0.451 e. The maximum Gasteiger partial charge on any atom is 0.451 e. The number of nitrogens with zero attached hydrogens (tertiary/aromatic N) is 1. The van der Waals surface area contributed by atoms with Gasteiger partial charge in [-0.3, -0.25) is 9.59 Å². The molecule has 1 aromatic rings. The van der Waals surface area contributed by atoms with Gasteiger partial charge in [-0.1, -0.05) is 6.42 Å². The van der Waals surface area contributed by atoms with Crippen molar-refractivity contribution in [2.75, 3.05) is 27.2 Å². The number of methoxy groups -OCH3 is 1. The Kier molecular flexibility index (Phi) is 9.19. The van der Waals surface area contributed by atoms with E-state index in [4.69, 9.17) is 19.9 Å². The third-order valence-electron chi connectivity index (χ3n) is 4.23. The van der Waals surface area contributed by atoms with Gasteiger partial charge >= 0.3 is 13.1 Å². The predicted molar refractivity (Wildman–Crippen MR) is 94.7 cm³/mol. The summed E-state index contributed by atoms with van der Waals surface area (Å²) in [5.74, 6) is -0.128. The molecule has 25 heavy (non-hydrogen) atoms. The number of rotatable bonds is 7. The first kappa shape index (κ1) is 21.1. The zero-order valence-corrected chi connectivity index (χ0v) is 14.7. The minimum atomic E-state index is -1.27. The van der Waals surface area contributed by atoms with Gasteiger partial charge in [0.15, 0.2) is 0 Å². The van der Waals surface area contributed by atoms with Gasteiger partial charge in [-0.05, 0) is 50.0 Å². The Labute approximate surface area is 148 Å². The van der Waals surface area contributed by atoms with Crippen LogP contribution in [0.15, 0.2) is 24.3 Å². The summed E-state index contributed by atoms with van der Waals surface area (Å²) in [5, 5.41) is 26.3. The van der Waals surface area contributed by atoms with E-state index < -0.39 is 13.1 Å². The summed E-state index contributed by atoms with van der Waals surface area (Å²) < 4.78 is 4.90. The van der Waals surface area contributed by atoms with Crippen molar-refractivity contribution >= 4 is 19.4 Å². The molecular formula is C17H26BNO6. The van der Waals surface area contributed by atoms with Crippen molar-refractivity contribution in [3.05, 3.63) is 29.8 Å². The molecule has 8 heteroatoms. The second kappa shape index (κ2) is 10.9. The molecule has 2 rings (SSSR count). The third kappa shape index (κ3) is 7.68. The molecule has 1 fully saturated rings.